The van der Waals surface area contributed by atoms with Crippen molar-refractivity contribution < 1.29 is 47.6 Å². The fourth-order valence-corrected chi connectivity index (χ4v) is 3.66. The second-order valence-corrected chi connectivity index (χ2v) is 8.45. The zero-order chi connectivity index (χ0) is 28.0. The number of hydrogen-bond donors (Lipinski definition) is 7. The number of phenols is 1. The van der Waals surface area contributed by atoms with Gasteiger partial charge in [0.15, 0.2) is 0 Å². The molecule has 11 nitrogen and oxygen atoms in total. The summed E-state index contributed by atoms with van der Waals surface area (Å²) < 4.78 is 40.6. The van der Waals surface area contributed by atoms with Crippen LogP contribution < -0.4 is 26.4 Å². The van der Waals surface area contributed by atoms with Gasteiger partial charge in [-0.3, -0.25) is 9.59 Å². The van der Waals surface area contributed by atoms with Crippen molar-refractivity contribution in [2.75, 3.05) is 5.32 Å². The second-order valence-electron chi connectivity index (χ2n) is 8.45. The van der Waals surface area contributed by atoms with Crippen molar-refractivity contribution in [3.63, 3.8) is 0 Å². The Labute approximate surface area is 214 Å². The maximum absolute atomic E-state index is 12.8. The Hall–Kier alpha value is -4.30. The SMILES string of the molecule is NC(=O)C(Cc1ccc(O)cc1)NC(=O)C1=CC(NC(=O)Nc2ccc(OC(F)(F)F)cc2)C(O)C(O)C1. The first-order valence-corrected chi connectivity index (χ1v) is 11.2. The van der Waals surface area contributed by atoms with Gasteiger partial charge in [0.1, 0.15) is 23.6 Å². The fraction of sp³-hybridized carbons (Fsp3) is 0.292. The van der Waals surface area contributed by atoms with E-state index >= 15 is 0 Å². The summed E-state index contributed by atoms with van der Waals surface area (Å²) in [6, 6.07) is 6.94. The van der Waals surface area contributed by atoms with Gasteiger partial charge in [-0.05, 0) is 42.0 Å². The molecule has 0 saturated carbocycles. The molecule has 204 valence electrons. The number of aliphatic hydroxyl groups excluding tert-OH is 2. The molecule has 14 heteroatoms. The molecule has 4 atom stereocenters. The average Bonchev–Trinajstić information content (AvgIpc) is 2.83. The maximum atomic E-state index is 12.8. The number of rotatable bonds is 8. The summed E-state index contributed by atoms with van der Waals surface area (Å²) in [5, 5.41) is 37.1. The van der Waals surface area contributed by atoms with Crippen LogP contribution in [0.25, 0.3) is 0 Å². The summed E-state index contributed by atoms with van der Waals surface area (Å²) in [6.45, 7) is 0. The normalized spacial score (nSPS) is 20.0. The van der Waals surface area contributed by atoms with Gasteiger partial charge in [0.05, 0.1) is 12.1 Å². The Morgan fingerprint density at radius 2 is 1.68 bits per heavy atom. The van der Waals surface area contributed by atoms with Crippen LogP contribution in [0.2, 0.25) is 0 Å². The van der Waals surface area contributed by atoms with Crippen molar-refractivity contribution in [1.82, 2.24) is 10.6 Å². The summed E-state index contributed by atoms with van der Waals surface area (Å²) in [5.41, 5.74) is 6.08. The lowest BCUT2D eigenvalue weighted by Crippen LogP contribution is -2.53. The fourth-order valence-electron chi connectivity index (χ4n) is 3.66. The van der Waals surface area contributed by atoms with Crippen molar-refractivity contribution in [2.24, 2.45) is 5.73 Å². The van der Waals surface area contributed by atoms with Crippen LogP contribution >= 0.6 is 0 Å². The lowest BCUT2D eigenvalue weighted by Gasteiger charge is -2.31. The third-order valence-corrected chi connectivity index (χ3v) is 5.53. The third-order valence-electron chi connectivity index (χ3n) is 5.53. The van der Waals surface area contributed by atoms with E-state index in [1.54, 1.807) is 12.1 Å². The highest BCUT2D eigenvalue weighted by atomic mass is 19.4. The molecular formula is C24H25F3N4O7. The number of nitrogens with one attached hydrogen (secondary N) is 3. The number of alkyl halides is 3. The molecule has 0 fully saturated rings. The molecule has 3 rings (SSSR count). The van der Waals surface area contributed by atoms with Gasteiger partial charge in [-0.15, -0.1) is 13.2 Å². The summed E-state index contributed by atoms with van der Waals surface area (Å²) in [5.74, 6) is -2.06. The van der Waals surface area contributed by atoms with Crippen LogP contribution in [0.3, 0.4) is 0 Å². The third kappa shape index (κ3) is 8.11. The number of halogens is 3. The molecule has 1 aliphatic rings. The molecule has 0 aliphatic heterocycles. The summed E-state index contributed by atoms with van der Waals surface area (Å²) >= 11 is 0. The number of amides is 4. The molecule has 0 radical (unpaired) electrons. The number of phenolic OH excluding ortho intramolecular Hbond substituents is 1. The minimum absolute atomic E-state index is 0.0170. The Bertz CT molecular complexity index is 1190. The van der Waals surface area contributed by atoms with Crippen LogP contribution in [0.1, 0.15) is 12.0 Å². The van der Waals surface area contributed by atoms with Crippen LogP contribution in [0, 0.1) is 0 Å². The maximum Gasteiger partial charge on any atom is 0.573 e. The van der Waals surface area contributed by atoms with Gasteiger partial charge in [0.2, 0.25) is 11.8 Å². The molecule has 4 unspecified atom stereocenters. The molecule has 38 heavy (non-hydrogen) atoms. The van der Waals surface area contributed by atoms with E-state index in [1.807, 2.05) is 0 Å². The predicted molar refractivity (Wildman–Crippen MR) is 127 cm³/mol. The lowest BCUT2D eigenvalue weighted by molar-refractivity contribution is -0.274. The molecule has 0 spiro atoms. The Balaban J connectivity index is 1.65. The minimum atomic E-state index is -4.87. The zero-order valence-corrected chi connectivity index (χ0v) is 19.6. The molecule has 4 amide bonds. The smallest absolute Gasteiger partial charge is 0.508 e. The van der Waals surface area contributed by atoms with E-state index in [0.717, 1.165) is 24.3 Å². The number of aliphatic hydroxyl groups is 2. The van der Waals surface area contributed by atoms with Crippen molar-refractivity contribution in [3.8, 4) is 11.5 Å². The van der Waals surface area contributed by atoms with Gasteiger partial charge in [-0.2, -0.15) is 0 Å². The highest BCUT2D eigenvalue weighted by Gasteiger charge is 2.35. The quantitative estimate of drug-likeness (QED) is 0.262. The predicted octanol–water partition coefficient (Wildman–Crippen LogP) is 1.05. The summed E-state index contributed by atoms with van der Waals surface area (Å²) in [4.78, 5) is 37.1. The number of anilines is 1. The van der Waals surface area contributed by atoms with Gasteiger partial charge < -0.3 is 41.7 Å². The monoisotopic (exact) mass is 538 g/mol. The van der Waals surface area contributed by atoms with Crippen LogP contribution in [0.5, 0.6) is 11.5 Å². The molecule has 0 heterocycles. The van der Waals surface area contributed by atoms with E-state index in [-0.39, 0.29) is 29.9 Å². The molecule has 8 N–H and O–H groups in total. The van der Waals surface area contributed by atoms with Gasteiger partial charge in [0, 0.05) is 24.1 Å². The van der Waals surface area contributed by atoms with Gasteiger partial charge >= 0.3 is 12.4 Å². The van der Waals surface area contributed by atoms with Crippen LogP contribution in [-0.4, -0.2) is 63.8 Å². The highest BCUT2D eigenvalue weighted by Crippen LogP contribution is 2.24. The molecule has 2 aromatic carbocycles. The molecular weight excluding hydrogens is 513 g/mol. The number of nitrogens with two attached hydrogens (primary N) is 1. The number of aromatic hydroxyl groups is 1. The number of hydrogen-bond acceptors (Lipinski definition) is 7. The first kappa shape index (κ1) is 28.3. The average molecular weight is 538 g/mol. The topological polar surface area (TPSA) is 183 Å². The number of primary amides is 1. The van der Waals surface area contributed by atoms with Gasteiger partial charge in [-0.25, -0.2) is 4.79 Å². The molecule has 1 aliphatic carbocycles. The summed E-state index contributed by atoms with van der Waals surface area (Å²) in [7, 11) is 0. The van der Waals surface area contributed by atoms with Crippen molar-refractivity contribution >= 4 is 23.5 Å². The number of ether oxygens (including phenoxy) is 1. The number of urea groups is 1. The largest absolute Gasteiger partial charge is 0.573 e. The first-order valence-electron chi connectivity index (χ1n) is 11.2. The van der Waals surface area contributed by atoms with E-state index in [2.05, 4.69) is 20.7 Å². The van der Waals surface area contributed by atoms with Crippen molar-refractivity contribution in [1.29, 1.82) is 0 Å². The number of carbonyl (C=O) groups is 3. The van der Waals surface area contributed by atoms with Crippen molar-refractivity contribution in [3.05, 3.63) is 65.7 Å². The van der Waals surface area contributed by atoms with Crippen LogP contribution in [-0.2, 0) is 16.0 Å². The Morgan fingerprint density at radius 3 is 2.26 bits per heavy atom. The first-order chi connectivity index (χ1) is 17.8. The molecule has 0 saturated heterocycles. The van der Waals surface area contributed by atoms with E-state index in [4.69, 9.17) is 5.73 Å². The molecule has 0 aromatic heterocycles. The highest BCUT2D eigenvalue weighted by molar-refractivity contribution is 5.97. The zero-order valence-electron chi connectivity index (χ0n) is 19.6. The lowest BCUT2D eigenvalue weighted by atomic mass is 9.90. The second kappa shape index (κ2) is 11.8. The molecule has 0 bridgehead atoms. The van der Waals surface area contributed by atoms with Gasteiger partial charge in [0.25, 0.3) is 0 Å². The van der Waals surface area contributed by atoms with Crippen molar-refractivity contribution in [2.45, 2.75) is 43.5 Å². The summed E-state index contributed by atoms with van der Waals surface area (Å²) in [6.07, 6.45) is -6.83. The Morgan fingerprint density at radius 1 is 1.05 bits per heavy atom. The number of carbonyl (C=O) groups excluding carboxylic acids is 3. The molecule has 2 aromatic rings. The van der Waals surface area contributed by atoms with E-state index in [9.17, 15) is 42.9 Å². The number of benzene rings is 2. The van der Waals surface area contributed by atoms with E-state index in [1.165, 1.54) is 18.2 Å². The standard InChI is InChI=1S/C24H25F3N4O7/c25-24(26,27)38-16-7-3-14(4-8-16)29-23(37)31-17-10-13(11-19(33)20(17)34)22(36)30-18(21(28)35)9-12-1-5-15(32)6-2-12/h1-8,10,17-20,32-34H,9,11H2,(H2,28,35)(H,30,36)(H2,29,31,37). The Kier molecular flexibility index (Phi) is 8.80. The minimum Gasteiger partial charge on any atom is -0.508 e. The van der Waals surface area contributed by atoms with Gasteiger partial charge in [-0.1, -0.05) is 18.2 Å². The van der Waals surface area contributed by atoms with E-state index < -0.39 is 54.2 Å². The van der Waals surface area contributed by atoms with Crippen LogP contribution in [0.4, 0.5) is 23.7 Å². The van der Waals surface area contributed by atoms with Crippen LogP contribution in [0.15, 0.2) is 60.2 Å². The van der Waals surface area contributed by atoms with E-state index in [0.29, 0.717) is 5.56 Å².